The maximum Gasteiger partial charge on any atom is 0.126 e. The van der Waals surface area contributed by atoms with Gasteiger partial charge in [-0.25, -0.2) is 4.39 Å². The van der Waals surface area contributed by atoms with E-state index in [4.69, 9.17) is 10.00 Å². The maximum absolute atomic E-state index is 13.1. The van der Waals surface area contributed by atoms with E-state index in [0.717, 1.165) is 0 Å². The van der Waals surface area contributed by atoms with E-state index in [1.807, 2.05) is 6.07 Å². The van der Waals surface area contributed by atoms with Crippen molar-refractivity contribution >= 4 is 5.69 Å². The highest BCUT2D eigenvalue weighted by atomic mass is 19.1. The number of nitrogens with one attached hydrogen (secondary N) is 1. The zero-order valence-corrected chi connectivity index (χ0v) is 10.2. The number of nitriles is 1. The average molecular weight is 236 g/mol. The van der Waals surface area contributed by atoms with Gasteiger partial charge in [0.05, 0.1) is 18.2 Å². The summed E-state index contributed by atoms with van der Waals surface area (Å²) in [6.45, 7) is 6.05. The molecule has 0 unspecified atom stereocenters. The molecule has 0 fully saturated rings. The highest BCUT2D eigenvalue weighted by molar-refractivity contribution is 5.49. The molecule has 0 aliphatic carbocycles. The van der Waals surface area contributed by atoms with Crippen LogP contribution in [0, 0.1) is 23.1 Å². The van der Waals surface area contributed by atoms with Gasteiger partial charge >= 0.3 is 0 Å². The van der Waals surface area contributed by atoms with Crippen molar-refractivity contribution in [1.29, 1.82) is 5.26 Å². The molecule has 0 heterocycles. The second-order valence-electron chi connectivity index (χ2n) is 4.24. The Morgan fingerprint density at radius 2 is 2.18 bits per heavy atom. The van der Waals surface area contributed by atoms with Crippen molar-refractivity contribution in [3.8, 4) is 6.07 Å². The molecule has 0 atom stereocenters. The van der Waals surface area contributed by atoms with Gasteiger partial charge in [-0.05, 0) is 24.1 Å². The quantitative estimate of drug-likeness (QED) is 0.772. The lowest BCUT2D eigenvalue weighted by molar-refractivity contribution is 0.118. The van der Waals surface area contributed by atoms with Crippen LogP contribution in [0.15, 0.2) is 18.2 Å². The molecule has 0 saturated heterocycles. The molecule has 0 bridgehead atoms. The Hall–Kier alpha value is -1.60. The molecule has 17 heavy (non-hydrogen) atoms. The van der Waals surface area contributed by atoms with Crippen LogP contribution in [-0.2, 0) is 4.74 Å². The number of halogens is 1. The molecule has 0 spiro atoms. The van der Waals surface area contributed by atoms with Gasteiger partial charge in [0.1, 0.15) is 5.82 Å². The molecule has 1 N–H and O–H groups in total. The molecule has 3 nitrogen and oxygen atoms in total. The van der Waals surface area contributed by atoms with Gasteiger partial charge < -0.3 is 10.1 Å². The zero-order chi connectivity index (χ0) is 12.7. The van der Waals surface area contributed by atoms with Crippen LogP contribution >= 0.6 is 0 Å². The van der Waals surface area contributed by atoms with Gasteiger partial charge in [0.25, 0.3) is 0 Å². The van der Waals surface area contributed by atoms with E-state index in [1.165, 1.54) is 12.1 Å². The normalized spacial score (nSPS) is 10.3. The van der Waals surface area contributed by atoms with Gasteiger partial charge in [0.2, 0.25) is 0 Å². The zero-order valence-electron chi connectivity index (χ0n) is 10.2. The molecule has 0 amide bonds. The standard InChI is InChI=1S/C13H17FN2O/c1-10(2)9-17-4-3-16-13-6-11(8-15)5-12(14)7-13/h5-7,10,16H,3-4,9H2,1-2H3. The van der Waals surface area contributed by atoms with Crippen molar-refractivity contribution in [3.63, 3.8) is 0 Å². The number of ether oxygens (including phenoxy) is 1. The third-order valence-electron chi connectivity index (χ3n) is 2.05. The minimum atomic E-state index is -0.408. The Labute approximate surface area is 101 Å². The fourth-order valence-electron chi connectivity index (χ4n) is 1.34. The van der Waals surface area contributed by atoms with Gasteiger partial charge in [0.15, 0.2) is 0 Å². The largest absolute Gasteiger partial charge is 0.383 e. The molecule has 0 aliphatic heterocycles. The van der Waals surface area contributed by atoms with E-state index in [-0.39, 0.29) is 0 Å². The molecule has 0 aromatic heterocycles. The smallest absolute Gasteiger partial charge is 0.126 e. The lowest BCUT2D eigenvalue weighted by atomic mass is 10.2. The maximum atomic E-state index is 13.1. The first-order valence-corrected chi connectivity index (χ1v) is 5.64. The van der Waals surface area contributed by atoms with Crippen molar-refractivity contribution in [1.82, 2.24) is 0 Å². The van der Waals surface area contributed by atoms with Crippen LogP contribution in [0.4, 0.5) is 10.1 Å². The number of rotatable bonds is 6. The third-order valence-corrected chi connectivity index (χ3v) is 2.05. The van der Waals surface area contributed by atoms with Gasteiger partial charge in [-0.3, -0.25) is 0 Å². The summed E-state index contributed by atoms with van der Waals surface area (Å²) < 4.78 is 18.5. The number of anilines is 1. The first kappa shape index (κ1) is 13.5. The Bertz CT molecular complexity index is 399. The second kappa shape index (κ2) is 6.87. The molecule has 0 radical (unpaired) electrons. The predicted molar refractivity (Wildman–Crippen MR) is 65.3 cm³/mol. The monoisotopic (exact) mass is 236 g/mol. The molecule has 0 aliphatic rings. The summed E-state index contributed by atoms with van der Waals surface area (Å²) in [4.78, 5) is 0. The average Bonchev–Trinajstić information content (AvgIpc) is 2.27. The van der Waals surface area contributed by atoms with Crippen LogP contribution in [-0.4, -0.2) is 19.8 Å². The van der Waals surface area contributed by atoms with Crippen molar-refractivity contribution < 1.29 is 9.13 Å². The molecule has 4 heteroatoms. The van der Waals surface area contributed by atoms with Crippen molar-refractivity contribution in [2.75, 3.05) is 25.1 Å². The van der Waals surface area contributed by atoms with Crippen molar-refractivity contribution in [3.05, 3.63) is 29.6 Å². The second-order valence-corrected chi connectivity index (χ2v) is 4.24. The Morgan fingerprint density at radius 3 is 2.82 bits per heavy atom. The minimum Gasteiger partial charge on any atom is -0.383 e. The molecule has 1 aromatic carbocycles. The Kier molecular flexibility index (Phi) is 5.44. The van der Waals surface area contributed by atoms with E-state index in [9.17, 15) is 4.39 Å². The lowest BCUT2D eigenvalue weighted by Crippen LogP contribution is -2.12. The topological polar surface area (TPSA) is 45.0 Å². The molecule has 0 saturated carbocycles. The Balaban J connectivity index is 2.37. The van der Waals surface area contributed by atoms with Gasteiger partial charge in [-0.15, -0.1) is 0 Å². The van der Waals surface area contributed by atoms with E-state index in [2.05, 4.69) is 19.2 Å². The first-order chi connectivity index (χ1) is 8.11. The van der Waals surface area contributed by atoms with Crippen LogP contribution < -0.4 is 5.32 Å². The highest BCUT2D eigenvalue weighted by Gasteiger charge is 2.00. The predicted octanol–water partition coefficient (Wildman–Crippen LogP) is 2.78. The highest BCUT2D eigenvalue weighted by Crippen LogP contribution is 2.12. The van der Waals surface area contributed by atoms with Crippen molar-refractivity contribution in [2.45, 2.75) is 13.8 Å². The van der Waals surface area contributed by atoms with Gasteiger partial charge in [0, 0.05) is 18.8 Å². The van der Waals surface area contributed by atoms with Crippen LogP contribution in [0.25, 0.3) is 0 Å². The fourth-order valence-corrected chi connectivity index (χ4v) is 1.34. The van der Waals surface area contributed by atoms with E-state index in [1.54, 1.807) is 6.07 Å². The summed E-state index contributed by atoms with van der Waals surface area (Å²) in [6.07, 6.45) is 0. The summed E-state index contributed by atoms with van der Waals surface area (Å²) in [5.74, 6) is 0.101. The summed E-state index contributed by atoms with van der Waals surface area (Å²) in [5.41, 5.74) is 0.922. The number of benzene rings is 1. The number of hydrogen-bond acceptors (Lipinski definition) is 3. The minimum absolute atomic E-state index is 0.315. The number of hydrogen-bond donors (Lipinski definition) is 1. The van der Waals surface area contributed by atoms with Crippen molar-refractivity contribution in [2.24, 2.45) is 5.92 Å². The van der Waals surface area contributed by atoms with Gasteiger partial charge in [-0.1, -0.05) is 13.8 Å². The summed E-state index contributed by atoms with van der Waals surface area (Å²) >= 11 is 0. The lowest BCUT2D eigenvalue weighted by Gasteiger charge is -2.09. The third kappa shape index (κ3) is 5.32. The summed E-state index contributed by atoms with van der Waals surface area (Å²) in [5, 5.41) is 11.7. The van der Waals surface area contributed by atoms with Crippen LogP contribution in [0.1, 0.15) is 19.4 Å². The molecule has 92 valence electrons. The summed E-state index contributed by atoms with van der Waals surface area (Å²) in [6, 6.07) is 6.10. The Morgan fingerprint density at radius 1 is 1.41 bits per heavy atom. The van der Waals surface area contributed by atoms with E-state index in [0.29, 0.717) is 36.9 Å². The fraction of sp³-hybridized carbons (Fsp3) is 0.462. The van der Waals surface area contributed by atoms with Gasteiger partial charge in [-0.2, -0.15) is 5.26 Å². The van der Waals surface area contributed by atoms with E-state index >= 15 is 0 Å². The first-order valence-electron chi connectivity index (χ1n) is 5.64. The molecular weight excluding hydrogens is 219 g/mol. The van der Waals surface area contributed by atoms with Crippen LogP contribution in [0.3, 0.4) is 0 Å². The van der Waals surface area contributed by atoms with E-state index < -0.39 is 5.82 Å². The van der Waals surface area contributed by atoms with Crippen LogP contribution in [0.2, 0.25) is 0 Å². The summed E-state index contributed by atoms with van der Waals surface area (Å²) in [7, 11) is 0. The van der Waals surface area contributed by atoms with Crippen LogP contribution in [0.5, 0.6) is 0 Å². The molecule has 1 rings (SSSR count). The molecule has 1 aromatic rings. The number of nitrogens with zero attached hydrogens (tertiary/aromatic N) is 1. The SMILES string of the molecule is CC(C)COCCNc1cc(F)cc(C#N)c1. The molecular formula is C13H17FN2O.